The molecule has 1 amide bonds. The number of benzene rings is 4. The van der Waals surface area contributed by atoms with Crippen molar-refractivity contribution in [1.29, 1.82) is 0 Å². The van der Waals surface area contributed by atoms with Crippen LogP contribution >= 0.6 is 0 Å². The van der Waals surface area contributed by atoms with E-state index < -0.39 is 0 Å². The molecule has 174 valence electrons. The Morgan fingerprint density at radius 2 is 1.63 bits per heavy atom. The second-order valence-corrected chi connectivity index (χ2v) is 9.10. The lowest BCUT2D eigenvalue weighted by atomic mass is 10.1. The topological polar surface area (TPSA) is 47.4 Å². The number of amides is 1. The fraction of sp³-hybridized carbons (Fsp3) is 0.200. The average molecular weight is 462 g/mol. The number of likely N-dealkylation sites (tertiary alicyclic amines) is 1. The van der Waals surface area contributed by atoms with Crippen molar-refractivity contribution < 1.29 is 9.53 Å². The molecular weight excluding hydrogens is 434 g/mol. The van der Waals surface area contributed by atoms with Crippen molar-refractivity contribution in [1.82, 2.24) is 14.5 Å². The standard InChI is InChI=1S/C30H27N3O2/c34-29-19-24(21-32(29)20-22-9-2-1-3-10-22)30-31-26-14-6-7-15-27(26)33(30)17-18-35-28-16-8-12-23-11-4-5-13-25(23)28/h1-16,24H,17-21H2. The van der Waals surface area contributed by atoms with Gasteiger partial charge in [0.1, 0.15) is 18.2 Å². The molecule has 0 saturated carbocycles. The maximum absolute atomic E-state index is 12.9. The Balaban J connectivity index is 1.24. The van der Waals surface area contributed by atoms with Crippen molar-refractivity contribution in [2.75, 3.05) is 13.2 Å². The third-order valence-electron chi connectivity index (χ3n) is 6.80. The van der Waals surface area contributed by atoms with Crippen LogP contribution in [-0.4, -0.2) is 33.5 Å². The molecule has 1 saturated heterocycles. The first-order valence-electron chi connectivity index (χ1n) is 12.1. The largest absolute Gasteiger partial charge is 0.491 e. The lowest BCUT2D eigenvalue weighted by Gasteiger charge is -2.18. The highest BCUT2D eigenvalue weighted by Crippen LogP contribution is 2.31. The van der Waals surface area contributed by atoms with Crippen LogP contribution in [0.5, 0.6) is 5.75 Å². The van der Waals surface area contributed by atoms with Gasteiger partial charge in [-0.2, -0.15) is 0 Å². The molecule has 1 atom stereocenters. The molecule has 0 spiro atoms. The summed E-state index contributed by atoms with van der Waals surface area (Å²) in [5, 5.41) is 2.28. The molecule has 0 bridgehead atoms. The van der Waals surface area contributed by atoms with Crippen LogP contribution in [0.15, 0.2) is 97.1 Å². The highest BCUT2D eigenvalue weighted by molar-refractivity contribution is 5.88. The van der Waals surface area contributed by atoms with Gasteiger partial charge in [-0.05, 0) is 29.1 Å². The summed E-state index contributed by atoms with van der Waals surface area (Å²) in [5.74, 6) is 2.11. The first-order chi connectivity index (χ1) is 17.3. The van der Waals surface area contributed by atoms with Crippen LogP contribution in [0.2, 0.25) is 0 Å². The smallest absolute Gasteiger partial charge is 0.223 e. The molecule has 0 aliphatic carbocycles. The minimum absolute atomic E-state index is 0.0659. The van der Waals surface area contributed by atoms with Gasteiger partial charge < -0.3 is 14.2 Å². The van der Waals surface area contributed by atoms with Gasteiger partial charge in [-0.15, -0.1) is 0 Å². The summed E-state index contributed by atoms with van der Waals surface area (Å²) in [6.07, 6.45) is 0.486. The zero-order valence-corrected chi connectivity index (χ0v) is 19.5. The molecule has 0 radical (unpaired) electrons. The van der Waals surface area contributed by atoms with Crippen LogP contribution in [-0.2, 0) is 17.9 Å². The Bertz CT molecular complexity index is 1490. The van der Waals surface area contributed by atoms with E-state index in [1.807, 2.05) is 65.6 Å². The number of rotatable bonds is 7. The average Bonchev–Trinajstić information content (AvgIpc) is 3.45. The number of para-hydroxylation sites is 2. The zero-order valence-electron chi connectivity index (χ0n) is 19.5. The summed E-state index contributed by atoms with van der Waals surface area (Å²) in [4.78, 5) is 19.8. The van der Waals surface area contributed by atoms with Gasteiger partial charge in [-0.25, -0.2) is 4.98 Å². The molecule has 0 N–H and O–H groups in total. The third-order valence-corrected chi connectivity index (χ3v) is 6.80. The molecule has 5 aromatic rings. The Kier molecular flexibility index (Phi) is 5.67. The van der Waals surface area contributed by atoms with Crippen molar-refractivity contribution in [3.63, 3.8) is 0 Å². The molecule has 1 fully saturated rings. The summed E-state index contributed by atoms with van der Waals surface area (Å²) >= 11 is 0. The monoisotopic (exact) mass is 461 g/mol. The van der Waals surface area contributed by atoms with Crippen LogP contribution in [0, 0.1) is 0 Å². The van der Waals surface area contributed by atoms with Gasteiger partial charge in [0, 0.05) is 30.8 Å². The lowest BCUT2D eigenvalue weighted by Crippen LogP contribution is -2.24. The van der Waals surface area contributed by atoms with Crippen LogP contribution < -0.4 is 4.74 Å². The second kappa shape index (κ2) is 9.26. The summed E-state index contributed by atoms with van der Waals surface area (Å²) in [5.41, 5.74) is 3.19. The maximum atomic E-state index is 12.9. The number of carbonyl (C=O) groups excluding carboxylic acids is 1. The van der Waals surface area contributed by atoms with Gasteiger partial charge in [0.15, 0.2) is 0 Å². The summed E-state index contributed by atoms with van der Waals surface area (Å²) in [6, 6.07) is 32.8. The van der Waals surface area contributed by atoms with E-state index in [9.17, 15) is 4.79 Å². The van der Waals surface area contributed by atoms with Gasteiger partial charge in [0.25, 0.3) is 0 Å². The normalized spacial score (nSPS) is 15.8. The van der Waals surface area contributed by atoms with Gasteiger partial charge in [0.2, 0.25) is 5.91 Å². The van der Waals surface area contributed by atoms with E-state index in [2.05, 4.69) is 41.0 Å². The Morgan fingerprint density at radius 1 is 0.857 bits per heavy atom. The zero-order chi connectivity index (χ0) is 23.6. The van der Waals surface area contributed by atoms with E-state index in [0.717, 1.165) is 33.6 Å². The Morgan fingerprint density at radius 3 is 2.54 bits per heavy atom. The Labute approximate surface area is 204 Å². The number of hydrogen-bond donors (Lipinski definition) is 0. The van der Waals surface area contributed by atoms with E-state index in [1.165, 1.54) is 5.39 Å². The highest BCUT2D eigenvalue weighted by atomic mass is 16.5. The van der Waals surface area contributed by atoms with E-state index in [0.29, 0.717) is 32.7 Å². The predicted octanol–water partition coefficient (Wildman–Crippen LogP) is 5.78. The van der Waals surface area contributed by atoms with Gasteiger partial charge in [0.05, 0.1) is 17.6 Å². The van der Waals surface area contributed by atoms with E-state index in [-0.39, 0.29) is 11.8 Å². The van der Waals surface area contributed by atoms with Crippen LogP contribution in [0.25, 0.3) is 21.8 Å². The van der Waals surface area contributed by atoms with Crippen molar-refractivity contribution in [3.05, 3.63) is 108 Å². The van der Waals surface area contributed by atoms with Crippen LogP contribution in [0.1, 0.15) is 23.7 Å². The summed E-state index contributed by atoms with van der Waals surface area (Å²) in [6.45, 7) is 2.51. The maximum Gasteiger partial charge on any atom is 0.223 e. The molecule has 5 nitrogen and oxygen atoms in total. The molecule has 1 unspecified atom stereocenters. The molecule has 6 rings (SSSR count). The molecule has 4 aromatic carbocycles. The number of fused-ring (bicyclic) bond motifs is 2. The van der Waals surface area contributed by atoms with E-state index >= 15 is 0 Å². The molecule has 1 aliphatic heterocycles. The van der Waals surface area contributed by atoms with Gasteiger partial charge in [-0.1, -0.05) is 78.9 Å². The van der Waals surface area contributed by atoms with Crippen molar-refractivity contribution >= 4 is 27.7 Å². The number of carbonyl (C=O) groups is 1. The molecule has 1 aromatic heterocycles. The quantitative estimate of drug-likeness (QED) is 0.308. The molecule has 5 heteroatoms. The van der Waals surface area contributed by atoms with Crippen LogP contribution in [0.4, 0.5) is 0 Å². The van der Waals surface area contributed by atoms with Crippen molar-refractivity contribution in [3.8, 4) is 5.75 Å². The molecule has 1 aliphatic rings. The SMILES string of the molecule is O=C1CC(c2nc3ccccc3n2CCOc2cccc3ccccc23)CN1Cc1ccccc1. The molecule has 2 heterocycles. The molecular formula is C30H27N3O2. The first-order valence-corrected chi connectivity index (χ1v) is 12.1. The molecule has 35 heavy (non-hydrogen) atoms. The third kappa shape index (κ3) is 4.26. The number of hydrogen-bond acceptors (Lipinski definition) is 3. The minimum Gasteiger partial charge on any atom is -0.491 e. The van der Waals surface area contributed by atoms with Crippen LogP contribution in [0.3, 0.4) is 0 Å². The first kappa shape index (κ1) is 21.4. The lowest BCUT2D eigenvalue weighted by molar-refractivity contribution is -0.128. The fourth-order valence-electron chi connectivity index (χ4n) is 5.11. The fourth-order valence-corrected chi connectivity index (χ4v) is 5.11. The highest BCUT2D eigenvalue weighted by Gasteiger charge is 2.34. The van der Waals surface area contributed by atoms with E-state index in [1.54, 1.807) is 0 Å². The summed E-state index contributed by atoms with van der Waals surface area (Å²) < 4.78 is 8.49. The van der Waals surface area contributed by atoms with Gasteiger partial charge >= 0.3 is 0 Å². The Hall–Kier alpha value is -4.12. The number of aromatic nitrogens is 2. The van der Waals surface area contributed by atoms with Gasteiger partial charge in [-0.3, -0.25) is 4.79 Å². The minimum atomic E-state index is 0.0659. The number of imidazole rings is 1. The summed E-state index contributed by atoms with van der Waals surface area (Å²) in [7, 11) is 0. The van der Waals surface area contributed by atoms with Crippen molar-refractivity contribution in [2.45, 2.75) is 25.4 Å². The number of ether oxygens (including phenoxy) is 1. The second-order valence-electron chi connectivity index (χ2n) is 9.10. The van der Waals surface area contributed by atoms with Crippen molar-refractivity contribution in [2.24, 2.45) is 0 Å². The van der Waals surface area contributed by atoms with E-state index in [4.69, 9.17) is 9.72 Å². The number of nitrogens with zero attached hydrogens (tertiary/aromatic N) is 3. The predicted molar refractivity (Wildman–Crippen MR) is 138 cm³/mol.